The first-order chi connectivity index (χ1) is 18.9. The quantitative estimate of drug-likeness (QED) is 0.330. The van der Waals surface area contributed by atoms with Crippen LogP contribution in [0.25, 0.3) is 22.3 Å². The van der Waals surface area contributed by atoms with Gasteiger partial charge in [-0.25, -0.2) is 15.0 Å². The summed E-state index contributed by atoms with van der Waals surface area (Å²) in [6.45, 7) is 5.35. The van der Waals surface area contributed by atoms with Gasteiger partial charge in [0.05, 0.1) is 36.1 Å². The number of anilines is 4. The number of rotatable bonds is 8. The number of carbonyl (C=O) groups excluding carboxylic acids is 1. The summed E-state index contributed by atoms with van der Waals surface area (Å²) in [7, 11) is 7.71. The maximum atomic E-state index is 12.3. The topological polar surface area (TPSA) is 113 Å². The van der Waals surface area contributed by atoms with Crippen LogP contribution < -0.4 is 20.3 Å². The number of hydrogen-bond acceptors (Lipinski definition) is 9. The van der Waals surface area contributed by atoms with Crippen LogP contribution in [0.2, 0.25) is 0 Å². The first-order valence-corrected chi connectivity index (χ1v) is 12.8. The van der Waals surface area contributed by atoms with Gasteiger partial charge in [-0.2, -0.15) is 5.10 Å². The number of amides is 1. The summed E-state index contributed by atoms with van der Waals surface area (Å²) in [5.74, 6) is 0.716. The molecule has 1 aliphatic rings. The summed E-state index contributed by atoms with van der Waals surface area (Å²) in [6.07, 6.45) is 8.57. The molecule has 0 unspecified atom stereocenters. The van der Waals surface area contributed by atoms with Gasteiger partial charge in [0, 0.05) is 55.6 Å². The van der Waals surface area contributed by atoms with Crippen LogP contribution in [-0.4, -0.2) is 75.9 Å². The molecule has 4 aromatic rings. The number of nitrogens with zero attached hydrogens (tertiary/aromatic N) is 7. The number of fused-ring (bicyclic) bond motifs is 1. The molecule has 1 saturated heterocycles. The van der Waals surface area contributed by atoms with Crippen molar-refractivity contribution in [2.75, 3.05) is 49.8 Å². The zero-order valence-electron chi connectivity index (χ0n) is 22.7. The average molecular weight is 528 g/mol. The summed E-state index contributed by atoms with van der Waals surface area (Å²) in [4.78, 5) is 30.5. The van der Waals surface area contributed by atoms with E-state index < -0.39 is 0 Å². The van der Waals surface area contributed by atoms with Crippen molar-refractivity contribution in [2.45, 2.75) is 18.9 Å². The summed E-state index contributed by atoms with van der Waals surface area (Å²) in [6, 6.07) is 8.17. The molecule has 202 valence electrons. The molecule has 0 spiro atoms. The third-order valence-corrected chi connectivity index (χ3v) is 7.07. The molecule has 3 aromatic heterocycles. The number of ether oxygens (including phenoxy) is 1. The maximum Gasteiger partial charge on any atom is 0.247 e. The molecule has 4 heterocycles. The smallest absolute Gasteiger partial charge is 0.247 e. The lowest BCUT2D eigenvalue weighted by atomic mass is 10.0. The molecule has 1 aliphatic heterocycles. The van der Waals surface area contributed by atoms with Crippen molar-refractivity contribution in [2.24, 2.45) is 7.05 Å². The highest BCUT2D eigenvalue weighted by atomic mass is 16.5. The van der Waals surface area contributed by atoms with E-state index in [0.29, 0.717) is 34.8 Å². The minimum absolute atomic E-state index is 0.285. The number of hydrogen-bond donors (Lipinski definition) is 2. The maximum absolute atomic E-state index is 12.3. The minimum Gasteiger partial charge on any atom is -0.494 e. The Labute approximate surface area is 227 Å². The molecule has 1 amide bonds. The Balaban J connectivity index is 1.46. The summed E-state index contributed by atoms with van der Waals surface area (Å²) in [5.41, 5.74) is 4.55. The average Bonchev–Trinajstić information content (AvgIpc) is 3.33. The molecule has 0 atom stereocenters. The number of nitrogens with one attached hydrogen (secondary N) is 2. The van der Waals surface area contributed by atoms with Crippen LogP contribution in [0.1, 0.15) is 12.8 Å². The van der Waals surface area contributed by atoms with Gasteiger partial charge in [0.1, 0.15) is 5.75 Å². The standard InChI is InChI=1S/C28H33N9O2/c1-6-26(38)32-22-14-23(25(39-5)15-24(22)37-11-8-20(9-12-37)35(2)3)34-28-29-10-7-21(33-28)18-13-19-17-31-36(4)27(19)30-16-18/h6-7,10,13-17,20H,1,8-9,11-12H2,2-5H3,(H,32,38)(H,29,33,34). The molecule has 2 N–H and O–H groups in total. The summed E-state index contributed by atoms with van der Waals surface area (Å²) in [5, 5.41) is 11.4. The number of methoxy groups -OCH3 is 1. The second-order valence-corrected chi connectivity index (χ2v) is 9.74. The van der Waals surface area contributed by atoms with Crippen molar-refractivity contribution >= 4 is 40.0 Å². The van der Waals surface area contributed by atoms with Crippen molar-refractivity contribution in [1.82, 2.24) is 29.6 Å². The van der Waals surface area contributed by atoms with Gasteiger partial charge in [0.25, 0.3) is 0 Å². The van der Waals surface area contributed by atoms with E-state index >= 15 is 0 Å². The van der Waals surface area contributed by atoms with Crippen LogP contribution in [0.3, 0.4) is 0 Å². The third kappa shape index (κ3) is 5.53. The van der Waals surface area contributed by atoms with E-state index in [9.17, 15) is 4.79 Å². The molecular weight excluding hydrogens is 494 g/mol. The van der Waals surface area contributed by atoms with E-state index in [0.717, 1.165) is 48.2 Å². The van der Waals surface area contributed by atoms with Crippen molar-refractivity contribution in [3.8, 4) is 17.0 Å². The van der Waals surface area contributed by atoms with Crippen molar-refractivity contribution < 1.29 is 9.53 Å². The van der Waals surface area contributed by atoms with Crippen molar-refractivity contribution in [3.63, 3.8) is 0 Å². The zero-order chi connectivity index (χ0) is 27.5. The third-order valence-electron chi connectivity index (χ3n) is 7.07. The number of carbonyl (C=O) groups is 1. The van der Waals surface area contributed by atoms with Crippen molar-refractivity contribution in [3.05, 3.63) is 55.5 Å². The fraction of sp³-hybridized carbons (Fsp3) is 0.321. The highest BCUT2D eigenvalue weighted by Gasteiger charge is 2.24. The minimum atomic E-state index is -0.285. The van der Waals surface area contributed by atoms with E-state index in [2.05, 4.69) is 56.2 Å². The molecule has 1 fully saturated rings. The van der Waals surface area contributed by atoms with Crippen LogP contribution in [-0.2, 0) is 11.8 Å². The first kappa shape index (κ1) is 26.1. The molecule has 11 heteroatoms. The molecule has 1 aromatic carbocycles. The predicted molar refractivity (Wildman–Crippen MR) is 154 cm³/mol. The largest absolute Gasteiger partial charge is 0.494 e. The second kappa shape index (κ2) is 11.1. The highest BCUT2D eigenvalue weighted by molar-refractivity contribution is 6.02. The van der Waals surface area contributed by atoms with E-state index in [1.807, 2.05) is 31.3 Å². The lowest BCUT2D eigenvalue weighted by molar-refractivity contribution is -0.111. The Bertz CT molecular complexity index is 1510. The molecule has 39 heavy (non-hydrogen) atoms. The molecule has 0 radical (unpaired) electrons. The van der Waals surface area contributed by atoms with Crippen LogP contribution in [0.15, 0.2) is 55.5 Å². The molecule has 0 bridgehead atoms. The van der Waals surface area contributed by atoms with E-state index in [4.69, 9.17) is 9.72 Å². The van der Waals surface area contributed by atoms with Gasteiger partial charge in [-0.15, -0.1) is 0 Å². The van der Waals surface area contributed by atoms with Gasteiger partial charge in [-0.1, -0.05) is 6.58 Å². The molecule has 5 rings (SSSR count). The van der Waals surface area contributed by atoms with Gasteiger partial charge >= 0.3 is 0 Å². The zero-order valence-corrected chi connectivity index (χ0v) is 22.7. The Hall–Kier alpha value is -4.51. The Morgan fingerprint density at radius 3 is 2.67 bits per heavy atom. The van der Waals surface area contributed by atoms with Gasteiger partial charge in [-0.3, -0.25) is 9.48 Å². The lowest BCUT2D eigenvalue weighted by Crippen LogP contribution is -2.42. The van der Waals surface area contributed by atoms with Crippen molar-refractivity contribution in [1.29, 1.82) is 0 Å². The van der Waals surface area contributed by atoms with Gasteiger partial charge < -0.3 is 25.2 Å². The summed E-state index contributed by atoms with van der Waals surface area (Å²) >= 11 is 0. The highest BCUT2D eigenvalue weighted by Crippen LogP contribution is 2.39. The van der Waals surface area contributed by atoms with Gasteiger partial charge in [-0.05, 0) is 51.2 Å². The van der Waals surface area contributed by atoms with Crippen LogP contribution >= 0.6 is 0 Å². The Kier molecular flexibility index (Phi) is 7.42. The van der Waals surface area contributed by atoms with Gasteiger partial charge in [0.15, 0.2) is 5.65 Å². The Morgan fingerprint density at radius 1 is 1.15 bits per heavy atom. The fourth-order valence-corrected chi connectivity index (χ4v) is 4.89. The summed E-state index contributed by atoms with van der Waals surface area (Å²) < 4.78 is 7.49. The number of piperidine rings is 1. The number of aryl methyl sites for hydroxylation is 1. The van der Waals surface area contributed by atoms with Gasteiger partial charge in [0.2, 0.25) is 11.9 Å². The second-order valence-electron chi connectivity index (χ2n) is 9.74. The van der Waals surface area contributed by atoms with E-state index in [-0.39, 0.29) is 5.91 Å². The van der Waals surface area contributed by atoms with Crippen LogP contribution in [0.5, 0.6) is 5.75 Å². The predicted octanol–water partition coefficient (Wildman–Crippen LogP) is 3.83. The lowest BCUT2D eigenvalue weighted by Gasteiger charge is -2.37. The molecular formula is C28H33N9O2. The number of pyridine rings is 1. The number of benzene rings is 1. The Morgan fingerprint density at radius 2 is 1.95 bits per heavy atom. The van der Waals surface area contributed by atoms with E-state index in [1.54, 1.807) is 30.4 Å². The fourth-order valence-electron chi connectivity index (χ4n) is 4.89. The van der Waals surface area contributed by atoms with E-state index in [1.165, 1.54) is 6.08 Å². The molecule has 11 nitrogen and oxygen atoms in total. The number of aromatic nitrogens is 5. The normalized spacial score (nSPS) is 14.0. The first-order valence-electron chi connectivity index (χ1n) is 12.8. The van der Waals surface area contributed by atoms with Crippen LogP contribution in [0, 0.1) is 0 Å². The van der Waals surface area contributed by atoms with Crippen LogP contribution in [0.4, 0.5) is 23.0 Å². The monoisotopic (exact) mass is 527 g/mol. The SMILES string of the molecule is C=CC(=O)Nc1cc(Nc2nccc(-c3cnc4c(cnn4C)c3)n2)c(OC)cc1N1CCC(N(C)C)CC1. The molecule has 0 aliphatic carbocycles. The molecule has 0 saturated carbocycles.